The van der Waals surface area contributed by atoms with Crippen molar-refractivity contribution < 1.29 is 40.2 Å². The molecule has 198 valence electrons. The molecule has 1 saturated heterocycles. The number of hydrogen-bond acceptors (Lipinski definition) is 3. The Balaban J connectivity index is 1.53. The quantitative estimate of drug-likeness (QED) is 0.308. The Labute approximate surface area is 209 Å². The van der Waals surface area contributed by atoms with Crippen molar-refractivity contribution in [2.24, 2.45) is 0 Å². The van der Waals surface area contributed by atoms with E-state index in [9.17, 15) is 30.7 Å². The van der Waals surface area contributed by atoms with Gasteiger partial charge in [0.2, 0.25) is 0 Å². The maximum atomic E-state index is 13.6. The van der Waals surface area contributed by atoms with Gasteiger partial charge in [0.25, 0.3) is 0 Å². The fourth-order valence-electron chi connectivity index (χ4n) is 4.31. The van der Waals surface area contributed by atoms with Crippen LogP contribution in [-0.2, 0) is 34.8 Å². The summed E-state index contributed by atoms with van der Waals surface area (Å²) < 4.78 is 104. The van der Waals surface area contributed by atoms with Gasteiger partial charge in [0.15, 0.2) is 6.29 Å². The van der Waals surface area contributed by atoms with Crippen LogP contribution in [-0.4, -0.2) is 30.9 Å². The van der Waals surface area contributed by atoms with E-state index in [1.807, 2.05) is 30.3 Å². The summed E-state index contributed by atoms with van der Waals surface area (Å²) in [7, 11) is 0. The molecule has 10 heteroatoms. The minimum absolute atomic E-state index is 0.0978. The van der Waals surface area contributed by atoms with E-state index in [1.165, 1.54) is 12.1 Å². The zero-order valence-electron chi connectivity index (χ0n) is 19.5. The van der Waals surface area contributed by atoms with Crippen LogP contribution in [0.15, 0.2) is 72.8 Å². The highest BCUT2D eigenvalue weighted by atomic mass is 19.4. The summed E-state index contributed by atoms with van der Waals surface area (Å²) in [5, 5.41) is 0. The Morgan fingerprint density at radius 1 is 0.811 bits per heavy atom. The second kappa shape index (κ2) is 11.2. The zero-order chi connectivity index (χ0) is 26.6. The van der Waals surface area contributed by atoms with Crippen LogP contribution in [0, 0.1) is 5.82 Å². The lowest BCUT2D eigenvalue weighted by atomic mass is 10.0. The first-order chi connectivity index (χ1) is 17.5. The number of hydrogen-bond donors (Lipinski definition) is 0. The van der Waals surface area contributed by atoms with Crippen LogP contribution >= 0.6 is 0 Å². The van der Waals surface area contributed by atoms with Crippen molar-refractivity contribution in [2.45, 2.75) is 37.7 Å². The van der Waals surface area contributed by atoms with Crippen LogP contribution < -0.4 is 0 Å². The molecule has 0 radical (unpaired) electrons. The Hall–Kier alpha value is -2.95. The third-order valence-electron chi connectivity index (χ3n) is 6.07. The second-order valence-corrected chi connectivity index (χ2v) is 8.73. The highest BCUT2D eigenvalue weighted by Gasteiger charge is 2.37. The lowest BCUT2D eigenvalue weighted by molar-refractivity contribution is -0.212. The summed E-state index contributed by atoms with van der Waals surface area (Å²) in [6.07, 6.45) is -10.9. The number of ether oxygens (including phenoxy) is 2. The Morgan fingerprint density at radius 3 is 2.03 bits per heavy atom. The van der Waals surface area contributed by atoms with Gasteiger partial charge in [-0.3, -0.25) is 4.90 Å². The summed E-state index contributed by atoms with van der Waals surface area (Å²) in [6.45, 7) is 1.20. The van der Waals surface area contributed by atoms with Crippen LogP contribution in [0.3, 0.4) is 0 Å². The maximum absolute atomic E-state index is 13.6. The van der Waals surface area contributed by atoms with E-state index >= 15 is 0 Å². The molecular weight excluding hydrogens is 503 g/mol. The van der Waals surface area contributed by atoms with E-state index in [4.69, 9.17) is 9.47 Å². The van der Waals surface area contributed by atoms with Crippen molar-refractivity contribution in [3.63, 3.8) is 0 Å². The summed E-state index contributed by atoms with van der Waals surface area (Å²) in [5.74, 6) is -0.419. The SMILES string of the molecule is Fc1ccc(C2C(OCCc3cc(C(F)(F)F)cc(C(F)(F)F)c3)OCCN2Cc2ccccc2)cc1. The number of halogens is 7. The maximum Gasteiger partial charge on any atom is 0.416 e. The average molecular weight is 527 g/mol. The van der Waals surface area contributed by atoms with Crippen LogP contribution in [0.1, 0.15) is 33.9 Å². The molecule has 3 nitrogen and oxygen atoms in total. The molecule has 1 heterocycles. The minimum atomic E-state index is -4.92. The molecule has 0 spiro atoms. The molecule has 1 fully saturated rings. The van der Waals surface area contributed by atoms with E-state index in [0.29, 0.717) is 37.4 Å². The molecular formula is C27H24F7NO2. The first-order valence-corrected chi connectivity index (χ1v) is 11.6. The summed E-state index contributed by atoms with van der Waals surface area (Å²) >= 11 is 0. The van der Waals surface area contributed by atoms with Crippen molar-refractivity contribution in [1.29, 1.82) is 0 Å². The highest BCUT2D eigenvalue weighted by molar-refractivity contribution is 5.34. The second-order valence-electron chi connectivity index (χ2n) is 8.73. The third kappa shape index (κ3) is 7.09. The van der Waals surface area contributed by atoms with Gasteiger partial charge in [-0.15, -0.1) is 0 Å². The van der Waals surface area contributed by atoms with Crippen molar-refractivity contribution in [3.05, 3.63) is 106 Å². The predicted octanol–water partition coefficient (Wildman–Crippen LogP) is 7.02. The van der Waals surface area contributed by atoms with Crippen LogP contribution in [0.5, 0.6) is 0 Å². The fraction of sp³-hybridized carbons (Fsp3) is 0.333. The van der Waals surface area contributed by atoms with Crippen molar-refractivity contribution in [1.82, 2.24) is 4.90 Å². The van der Waals surface area contributed by atoms with Crippen molar-refractivity contribution in [3.8, 4) is 0 Å². The van der Waals surface area contributed by atoms with Gasteiger partial charge >= 0.3 is 12.4 Å². The van der Waals surface area contributed by atoms with E-state index in [-0.39, 0.29) is 24.7 Å². The minimum Gasteiger partial charge on any atom is -0.350 e. The average Bonchev–Trinajstić information content (AvgIpc) is 2.84. The molecule has 0 saturated carbocycles. The number of rotatable bonds is 7. The van der Waals surface area contributed by atoms with Gasteiger partial charge in [0.1, 0.15) is 5.82 Å². The first-order valence-electron chi connectivity index (χ1n) is 11.6. The Kier molecular flexibility index (Phi) is 8.20. The van der Waals surface area contributed by atoms with Gasteiger partial charge in [-0.05, 0) is 53.4 Å². The molecule has 0 aliphatic carbocycles. The van der Waals surface area contributed by atoms with Gasteiger partial charge in [0, 0.05) is 13.1 Å². The van der Waals surface area contributed by atoms with E-state index < -0.39 is 41.6 Å². The number of morpholine rings is 1. The molecule has 0 aromatic heterocycles. The molecule has 1 aliphatic heterocycles. The molecule has 1 aliphatic rings. The standard InChI is InChI=1S/C27H24F7NO2/c28-23-8-6-20(7-9-23)24-25(37-13-11-35(24)17-18-4-2-1-3-5-18)36-12-10-19-14-21(26(29,30)31)16-22(15-19)27(32,33)34/h1-9,14-16,24-25H,10-13,17H2. The largest absolute Gasteiger partial charge is 0.416 e. The van der Waals surface area contributed by atoms with Gasteiger partial charge in [0.05, 0.1) is 30.4 Å². The normalized spacial score (nSPS) is 19.2. The molecule has 0 N–H and O–H groups in total. The number of nitrogens with zero attached hydrogens (tertiary/aromatic N) is 1. The summed E-state index contributed by atoms with van der Waals surface area (Å²) in [5.41, 5.74) is -1.16. The smallest absolute Gasteiger partial charge is 0.350 e. The van der Waals surface area contributed by atoms with Crippen LogP contribution in [0.4, 0.5) is 30.7 Å². The van der Waals surface area contributed by atoms with Gasteiger partial charge in [-0.25, -0.2) is 4.39 Å². The molecule has 3 aromatic carbocycles. The monoisotopic (exact) mass is 527 g/mol. The van der Waals surface area contributed by atoms with Crippen LogP contribution in [0.2, 0.25) is 0 Å². The number of alkyl halides is 6. The van der Waals surface area contributed by atoms with E-state index in [2.05, 4.69) is 4.90 Å². The highest BCUT2D eigenvalue weighted by Crippen LogP contribution is 2.37. The number of benzene rings is 3. The van der Waals surface area contributed by atoms with Crippen LogP contribution in [0.25, 0.3) is 0 Å². The third-order valence-corrected chi connectivity index (χ3v) is 6.07. The van der Waals surface area contributed by atoms with E-state index in [0.717, 1.165) is 5.56 Å². The molecule has 4 rings (SSSR count). The van der Waals surface area contributed by atoms with Crippen molar-refractivity contribution >= 4 is 0 Å². The molecule has 0 bridgehead atoms. The summed E-state index contributed by atoms with van der Waals surface area (Å²) in [6, 6.07) is 16.5. The predicted molar refractivity (Wildman–Crippen MR) is 122 cm³/mol. The first kappa shape index (κ1) is 27.1. The lowest BCUT2D eigenvalue weighted by Gasteiger charge is -2.41. The zero-order valence-corrected chi connectivity index (χ0v) is 19.5. The van der Waals surface area contributed by atoms with E-state index in [1.54, 1.807) is 12.1 Å². The summed E-state index contributed by atoms with van der Waals surface area (Å²) in [4.78, 5) is 2.09. The lowest BCUT2D eigenvalue weighted by Crippen LogP contribution is -2.46. The molecule has 0 amide bonds. The Morgan fingerprint density at radius 2 is 1.43 bits per heavy atom. The van der Waals surface area contributed by atoms with Gasteiger partial charge in [-0.2, -0.15) is 26.3 Å². The molecule has 37 heavy (non-hydrogen) atoms. The Bertz CT molecular complexity index is 1130. The van der Waals surface area contributed by atoms with Gasteiger partial charge in [-0.1, -0.05) is 42.5 Å². The molecule has 2 atom stereocenters. The topological polar surface area (TPSA) is 21.7 Å². The van der Waals surface area contributed by atoms with Gasteiger partial charge < -0.3 is 9.47 Å². The fourth-order valence-corrected chi connectivity index (χ4v) is 4.31. The molecule has 3 aromatic rings. The van der Waals surface area contributed by atoms with Crippen molar-refractivity contribution in [2.75, 3.05) is 19.8 Å². The molecule has 2 unspecified atom stereocenters.